The summed E-state index contributed by atoms with van der Waals surface area (Å²) >= 11 is 0. The van der Waals surface area contributed by atoms with E-state index in [2.05, 4.69) is 28.0 Å². The first-order valence-electron chi connectivity index (χ1n) is 12.7. The lowest BCUT2D eigenvalue weighted by Crippen LogP contribution is -2.36. The molecular formula is C27H31N5O3. The van der Waals surface area contributed by atoms with Crippen LogP contribution in [0.15, 0.2) is 39.9 Å². The van der Waals surface area contributed by atoms with E-state index in [4.69, 9.17) is 9.72 Å². The molecule has 0 amide bonds. The van der Waals surface area contributed by atoms with Crippen LogP contribution in [-0.2, 0) is 13.1 Å². The van der Waals surface area contributed by atoms with Crippen LogP contribution in [0.4, 0.5) is 0 Å². The van der Waals surface area contributed by atoms with Crippen LogP contribution in [-0.4, -0.2) is 43.8 Å². The zero-order chi connectivity index (χ0) is 23.9. The number of likely N-dealkylation sites (tertiary alicyclic amines) is 1. The number of hydrogen-bond acceptors (Lipinski definition) is 5. The first-order chi connectivity index (χ1) is 17.1. The minimum absolute atomic E-state index is 0.0672. The monoisotopic (exact) mass is 473 g/mol. The maximum Gasteiger partial charge on any atom is 0.275 e. The van der Waals surface area contributed by atoms with E-state index < -0.39 is 0 Å². The molecule has 1 atom stereocenters. The molecule has 0 radical (unpaired) electrons. The van der Waals surface area contributed by atoms with Crippen LogP contribution in [0.2, 0.25) is 0 Å². The fourth-order valence-corrected chi connectivity index (χ4v) is 5.50. The van der Waals surface area contributed by atoms with Gasteiger partial charge in [0.15, 0.2) is 0 Å². The number of rotatable bonds is 2. The molecule has 0 spiro atoms. The molecule has 4 aromatic rings. The van der Waals surface area contributed by atoms with Crippen molar-refractivity contribution in [1.29, 1.82) is 0 Å². The van der Waals surface area contributed by atoms with Gasteiger partial charge in [0.05, 0.1) is 23.0 Å². The molecule has 1 unspecified atom stereocenters. The average molecular weight is 474 g/mol. The standard InChI is InChI=1S/C27H31N5O3/c1-17-8-3-5-11-31(17)16-18-14-21-25-22(15-18)35-13-6-2-4-12-32-27(34)20-10-7-9-19(23(20)30-32)24(29-25)26(33)28-21/h7,9-10,14-15,17,30H,2-6,8,11-13,16H2,1H3,(H,28,33). The fourth-order valence-electron chi connectivity index (χ4n) is 5.50. The van der Waals surface area contributed by atoms with E-state index in [1.165, 1.54) is 19.3 Å². The van der Waals surface area contributed by atoms with Crippen molar-refractivity contribution in [3.05, 3.63) is 56.6 Å². The predicted octanol–water partition coefficient (Wildman–Crippen LogP) is 4.17. The molecule has 6 rings (SSSR count). The largest absolute Gasteiger partial charge is 0.491 e. The summed E-state index contributed by atoms with van der Waals surface area (Å²) in [6.45, 7) is 5.37. The Labute approximate surface area is 202 Å². The third kappa shape index (κ3) is 4.05. The second-order valence-electron chi connectivity index (χ2n) is 9.93. The van der Waals surface area contributed by atoms with Gasteiger partial charge in [-0.05, 0) is 69.3 Å². The van der Waals surface area contributed by atoms with Gasteiger partial charge in [-0.2, -0.15) is 0 Å². The maximum atomic E-state index is 13.3. The molecule has 2 aliphatic rings. The van der Waals surface area contributed by atoms with Gasteiger partial charge >= 0.3 is 0 Å². The molecule has 8 nitrogen and oxygen atoms in total. The molecule has 1 saturated heterocycles. The number of aryl methyl sites for hydroxylation is 1. The Hall–Kier alpha value is -3.39. The van der Waals surface area contributed by atoms with Crippen LogP contribution in [0.5, 0.6) is 5.75 Å². The van der Waals surface area contributed by atoms with Crippen LogP contribution >= 0.6 is 0 Å². The van der Waals surface area contributed by atoms with Gasteiger partial charge in [-0.15, -0.1) is 0 Å². The number of nitrogens with one attached hydrogen (secondary N) is 2. The van der Waals surface area contributed by atoms with Crippen molar-refractivity contribution in [3.63, 3.8) is 0 Å². The quantitative estimate of drug-likeness (QED) is 0.456. The van der Waals surface area contributed by atoms with E-state index in [0.29, 0.717) is 52.4 Å². The maximum absolute atomic E-state index is 13.3. The van der Waals surface area contributed by atoms with Crippen molar-refractivity contribution in [1.82, 2.24) is 24.6 Å². The van der Waals surface area contributed by atoms with Gasteiger partial charge < -0.3 is 9.72 Å². The van der Waals surface area contributed by atoms with E-state index in [9.17, 15) is 9.59 Å². The van der Waals surface area contributed by atoms with Crippen molar-refractivity contribution in [2.24, 2.45) is 0 Å². The number of para-hydroxylation sites is 1. The SMILES string of the molecule is CC1CCCCN1Cc1cc2c3nc(c(=O)[nH]c3c1)-c1cccc3c(=O)n([nH]c13)CCCCCO2. The van der Waals surface area contributed by atoms with Crippen molar-refractivity contribution in [2.75, 3.05) is 13.2 Å². The van der Waals surface area contributed by atoms with Crippen LogP contribution in [0.1, 0.15) is 51.0 Å². The lowest BCUT2D eigenvalue weighted by atomic mass is 10.0. The van der Waals surface area contributed by atoms with Gasteiger partial charge in [0, 0.05) is 24.7 Å². The second kappa shape index (κ2) is 9.00. The molecule has 2 aliphatic heterocycles. The smallest absolute Gasteiger partial charge is 0.275 e. The number of nitrogens with zero attached hydrogens (tertiary/aromatic N) is 3. The van der Waals surface area contributed by atoms with Crippen LogP contribution in [0.25, 0.3) is 33.2 Å². The highest BCUT2D eigenvalue weighted by Crippen LogP contribution is 2.30. The molecule has 2 N–H and O–H groups in total. The molecule has 4 heterocycles. The van der Waals surface area contributed by atoms with E-state index in [1.54, 1.807) is 16.8 Å². The topological polar surface area (TPSA) is 96.0 Å². The van der Waals surface area contributed by atoms with E-state index in [1.807, 2.05) is 12.1 Å². The van der Waals surface area contributed by atoms with E-state index in [-0.39, 0.29) is 16.8 Å². The lowest BCUT2D eigenvalue weighted by Gasteiger charge is -2.33. The summed E-state index contributed by atoms with van der Waals surface area (Å²) in [7, 11) is 0. The molecule has 1 fully saturated rings. The number of aromatic nitrogens is 4. The minimum atomic E-state index is -0.278. The van der Waals surface area contributed by atoms with Gasteiger partial charge in [0.2, 0.25) is 0 Å². The van der Waals surface area contributed by atoms with Gasteiger partial charge in [-0.3, -0.25) is 24.3 Å². The molecule has 4 bridgehead atoms. The molecule has 35 heavy (non-hydrogen) atoms. The average Bonchev–Trinajstić information content (AvgIpc) is 3.17. The molecule has 8 heteroatoms. The predicted molar refractivity (Wildman–Crippen MR) is 137 cm³/mol. The van der Waals surface area contributed by atoms with Crippen LogP contribution in [0, 0.1) is 0 Å². The molecule has 0 saturated carbocycles. The lowest BCUT2D eigenvalue weighted by molar-refractivity contribution is 0.152. The van der Waals surface area contributed by atoms with Crippen molar-refractivity contribution in [2.45, 2.75) is 64.6 Å². The Bertz CT molecular complexity index is 1520. The van der Waals surface area contributed by atoms with Gasteiger partial charge in [0.25, 0.3) is 11.1 Å². The van der Waals surface area contributed by atoms with Crippen molar-refractivity contribution >= 4 is 21.9 Å². The summed E-state index contributed by atoms with van der Waals surface area (Å²) in [5.41, 5.74) is 3.66. The van der Waals surface area contributed by atoms with E-state index >= 15 is 0 Å². The number of piperidine rings is 1. The highest BCUT2D eigenvalue weighted by molar-refractivity contribution is 5.93. The second-order valence-corrected chi connectivity index (χ2v) is 9.93. The summed E-state index contributed by atoms with van der Waals surface area (Å²) in [5.74, 6) is 0.704. The van der Waals surface area contributed by atoms with Gasteiger partial charge in [-0.1, -0.05) is 18.6 Å². The van der Waals surface area contributed by atoms with Crippen molar-refractivity contribution in [3.8, 4) is 17.0 Å². The molecular weight excluding hydrogens is 442 g/mol. The summed E-state index contributed by atoms with van der Waals surface area (Å²) < 4.78 is 7.90. The molecule has 182 valence electrons. The third-order valence-corrected chi connectivity index (χ3v) is 7.47. The Morgan fingerprint density at radius 1 is 1.09 bits per heavy atom. The molecule has 0 aliphatic carbocycles. The summed E-state index contributed by atoms with van der Waals surface area (Å²) in [6, 6.07) is 10.1. The fraction of sp³-hybridized carbons (Fsp3) is 0.444. The Kier molecular flexibility index (Phi) is 5.68. The minimum Gasteiger partial charge on any atom is -0.491 e. The Morgan fingerprint density at radius 3 is 2.86 bits per heavy atom. The number of benzene rings is 2. The molecule has 2 aromatic carbocycles. The van der Waals surface area contributed by atoms with Crippen LogP contribution < -0.4 is 15.9 Å². The first kappa shape index (κ1) is 22.1. The van der Waals surface area contributed by atoms with Crippen LogP contribution in [0.3, 0.4) is 0 Å². The number of aromatic amines is 2. The zero-order valence-corrected chi connectivity index (χ0v) is 20.1. The Balaban J connectivity index is 1.51. The first-order valence-corrected chi connectivity index (χ1v) is 12.7. The number of H-pyrrole nitrogens is 2. The highest BCUT2D eigenvalue weighted by Gasteiger charge is 2.21. The number of fused-ring (bicyclic) bond motifs is 3. The van der Waals surface area contributed by atoms with Crippen molar-refractivity contribution < 1.29 is 4.74 Å². The highest BCUT2D eigenvalue weighted by atomic mass is 16.5. The third-order valence-electron chi connectivity index (χ3n) is 7.47. The van der Waals surface area contributed by atoms with E-state index in [0.717, 1.165) is 37.9 Å². The normalized spacial score (nSPS) is 19.3. The van der Waals surface area contributed by atoms with Gasteiger partial charge in [0.1, 0.15) is 17.0 Å². The summed E-state index contributed by atoms with van der Waals surface area (Å²) in [5, 5.41) is 3.80. The Morgan fingerprint density at radius 2 is 1.97 bits per heavy atom. The number of ether oxygens (including phenoxy) is 1. The zero-order valence-electron chi connectivity index (χ0n) is 20.1. The summed E-state index contributed by atoms with van der Waals surface area (Å²) in [4.78, 5) is 36.5. The molecule has 2 aromatic heterocycles. The number of hydrogen-bond donors (Lipinski definition) is 2. The summed E-state index contributed by atoms with van der Waals surface area (Å²) in [6.07, 6.45) is 6.42. The van der Waals surface area contributed by atoms with Gasteiger partial charge in [-0.25, -0.2) is 4.98 Å².